The number of amides is 3. The fourth-order valence-corrected chi connectivity index (χ4v) is 4.41. The molecule has 0 saturated heterocycles. The Bertz CT molecular complexity index is 1250. The highest BCUT2D eigenvalue weighted by atomic mass is 35.5. The van der Waals surface area contributed by atoms with Gasteiger partial charge in [0.05, 0.1) is 35.2 Å². The summed E-state index contributed by atoms with van der Waals surface area (Å²) in [4.78, 5) is 50.0. The number of ketones is 1. The molecule has 1 aliphatic heterocycles. The second-order valence-corrected chi connectivity index (χ2v) is 9.34. The van der Waals surface area contributed by atoms with Crippen molar-refractivity contribution < 1.29 is 23.9 Å². The second-order valence-electron chi connectivity index (χ2n) is 8.29. The predicted molar refractivity (Wildman–Crippen MR) is 136 cm³/mol. The number of halogens is 2. The standard InChI is InChI=1S/C25H22Cl2N4O5/c26-15-5-8-17(9-6-15)29-23(33)18-3-1-2-4-20(18)30-24(34)25(35)31-28-12-14-13-36-21-10-7-16(27)11-19(21)22(14)32/h1-6,8-9,12-13,16,19,21H,7,10-11H2,(H,29,33)(H,30,34)(H,31,35)/b28-12+. The summed E-state index contributed by atoms with van der Waals surface area (Å²) in [6.45, 7) is 0. The van der Waals surface area contributed by atoms with Crippen LogP contribution in [0.15, 0.2) is 65.5 Å². The van der Waals surface area contributed by atoms with E-state index in [0.29, 0.717) is 23.6 Å². The van der Waals surface area contributed by atoms with Crippen LogP contribution in [0, 0.1) is 5.92 Å². The van der Waals surface area contributed by atoms with Crippen LogP contribution in [0.4, 0.5) is 11.4 Å². The lowest BCUT2D eigenvalue weighted by atomic mass is 9.80. The smallest absolute Gasteiger partial charge is 0.329 e. The van der Waals surface area contributed by atoms with E-state index in [1.54, 1.807) is 36.4 Å². The number of hydrogen-bond donors (Lipinski definition) is 3. The SMILES string of the molecule is O=C(N/N=C/C1=COC2CCC(Cl)CC2C1=O)C(=O)Nc1ccccc1C(=O)Nc1ccc(Cl)cc1. The first-order chi connectivity index (χ1) is 17.3. The third-order valence-electron chi connectivity index (χ3n) is 5.81. The number of ether oxygens (including phenoxy) is 1. The summed E-state index contributed by atoms with van der Waals surface area (Å²) in [5, 5.41) is 9.23. The molecule has 3 amide bonds. The molecule has 1 aliphatic carbocycles. The maximum absolute atomic E-state index is 12.7. The lowest BCUT2D eigenvalue weighted by molar-refractivity contribution is -0.136. The summed E-state index contributed by atoms with van der Waals surface area (Å²) in [5.74, 6) is -3.15. The van der Waals surface area contributed by atoms with E-state index in [9.17, 15) is 19.2 Å². The van der Waals surface area contributed by atoms with Gasteiger partial charge in [-0.2, -0.15) is 5.10 Å². The molecule has 0 aromatic heterocycles. The molecule has 1 heterocycles. The van der Waals surface area contributed by atoms with Gasteiger partial charge < -0.3 is 15.4 Å². The number of anilines is 2. The summed E-state index contributed by atoms with van der Waals surface area (Å²) >= 11 is 12.0. The van der Waals surface area contributed by atoms with E-state index >= 15 is 0 Å². The minimum Gasteiger partial charge on any atom is -0.496 e. The zero-order chi connectivity index (χ0) is 25.7. The molecule has 2 aromatic rings. The summed E-state index contributed by atoms with van der Waals surface area (Å²) in [7, 11) is 0. The quantitative estimate of drug-likeness (QED) is 0.235. The van der Waals surface area contributed by atoms with E-state index in [1.165, 1.54) is 18.4 Å². The van der Waals surface area contributed by atoms with E-state index in [2.05, 4.69) is 21.2 Å². The molecule has 2 aromatic carbocycles. The van der Waals surface area contributed by atoms with Crippen LogP contribution in [0.2, 0.25) is 5.02 Å². The van der Waals surface area contributed by atoms with Gasteiger partial charge in [0.1, 0.15) is 6.10 Å². The summed E-state index contributed by atoms with van der Waals surface area (Å²) in [6.07, 6.45) is 4.22. The van der Waals surface area contributed by atoms with Gasteiger partial charge in [-0.3, -0.25) is 19.2 Å². The van der Waals surface area contributed by atoms with Crippen LogP contribution >= 0.6 is 23.2 Å². The number of carbonyl (C=O) groups excluding carboxylic acids is 4. The fourth-order valence-electron chi connectivity index (χ4n) is 3.97. The number of nitrogens with one attached hydrogen (secondary N) is 3. The number of fused-ring (bicyclic) bond motifs is 1. The number of hydrogen-bond acceptors (Lipinski definition) is 6. The monoisotopic (exact) mass is 528 g/mol. The van der Waals surface area contributed by atoms with Crippen molar-refractivity contribution in [2.45, 2.75) is 30.7 Å². The van der Waals surface area contributed by atoms with Crippen molar-refractivity contribution in [3.63, 3.8) is 0 Å². The Kier molecular flexibility index (Phi) is 8.02. The first-order valence-corrected chi connectivity index (χ1v) is 12.0. The number of hydrazone groups is 1. The Morgan fingerprint density at radius 3 is 2.53 bits per heavy atom. The molecule has 1 saturated carbocycles. The topological polar surface area (TPSA) is 126 Å². The van der Waals surface area contributed by atoms with Gasteiger partial charge in [-0.05, 0) is 55.7 Å². The summed E-state index contributed by atoms with van der Waals surface area (Å²) < 4.78 is 5.61. The molecule has 11 heteroatoms. The van der Waals surface area contributed by atoms with Gasteiger partial charge in [-0.25, -0.2) is 5.43 Å². The van der Waals surface area contributed by atoms with Crippen molar-refractivity contribution in [2.24, 2.45) is 11.0 Å². The lowest BCUT2D eigenvalue weighted by Gasteiger charge is -2.35. The average molecular weight is 529 g/mol. The molecule has 1 fully saturated rings. The molecular formula is C25H22Cl2N4O5. The minimum absolute atomic E-state index is 0.0883. The number of carbonyl (C=O) groups is 4. The lowest BCUT2D eigenvalue weighted by Crippen LogP contribution is -2.40. The third kappa shape index (κ3) is 6.10. The van der Waals surface area contributed by atoms with Crippen LogP contribution in [0.3, 0.4) is 0 Å². The number of benzene rings is 2. The average Bonchev–Trinajstić information content (AvgIpc) is 2.87. The van der Waals surface area contributed by atoms with Crippen molar-refractivity contribution >= 4 is 64.3 Å². The maximum Gasteiger partial charge on any atom is 0.329 e. The number of rotatable bonds is 5. The summed E-state index contributed by atoms with van der Waals surface area (Å²) in [5.41, 5.74) is 3.03. The van der Waals surface area contributed by atoms with Gasteiger partial charge >= 0.3 is 11.8 Å². The molecule has 3 atom stereocenters. The van der Waals surface area contributed by atoms with E-state index in [-0.39, 0.29) is 40.0 Å². The normalized spacial score (nSPS) is 21.1. The Labute approximate surface area is 216 Å². The highest BCUT2D eigenvalue weighted by Gasteiger charge is 2.39. The van der Waals surface area contributed by atoms with E-state index in [0.717, 1.165) is 12.6 Å². The molecule has 36 heavy (non-hydrogen) atoms. The van der Waals surface area contributed by atoms with Crippen molar-refractivity contribution in [3.05, 3.63) is 71.0 Å². The molecule has 186 valence electrons. The van der Waals surface area contributed by atoms with Crippen molar-refractivity contribution in [1.29, 1.82) is 0 Å². The second kappa shape index (κ2) is 11.4. The zero-order valence-electron chi connectivity index (χ0n) is 18.9. The molecule has 0 spiro atoms. The maximum atomic E-state index is 12.7. The molecule has 3 unspecified atom stereocenters. The molecule has 0 bridgehead atoms. The first-order valence-electron chi connectivity index (χ1n) is 11.2. The number of allylic oxidation sites excluding steroid dienone is 1. The van der Waals surface area contributed by atoms with E-state index < -0.39 is 17.7 Å². The molecule has 3 N–H and O–H groups in total. The van der Waals surface area contributed by atoms with Crippen LogP contribution in [0.25, 0.3) is 0 Å². The van der Waals surface area contributed by atoms with Crippen LogP contribution in [-0.2, 0) is 19.1 Å². The van der Waals surface area contributed by atoms with Crippen LogP contribution in [-0.4, -0.2) is 41.2 Å². The Morgan fingerprint density at radius 2 is 1.75 bits per heavy atom. The molecular weight excluding hydrogens is 507 g/mol. The molecule has 4 rings (SSSR count). The number of Topliss-reactive ketones (excluding diaryl/α,β-unsaturated/α-hetero) is 1. The number of para-hydroxylation sites is 1. The van der Waals surface area contributed by atoms with Crippen molar-refractivity contribution in [1.82, 2.24) is 5.43 Å². The van der Waals surface area contributed by atoms with Crippen LogP contribution < -0.4 is 16.1 Å². The predicted octanol–water partition coefficient (Wildman–Crippen LogP) is 3.89. The van der Waals surface area contributed by atoms with Crippen LogP contribution in [0.1, 0.15) is 29.6 Å². The molecule has 9 nitrogen and oxygen atoms in total. The Balaban J connectivity index is 1.35. The van der Waals surface area contributed by atoms with Gasteiger partial charge in [-0.15, -0.1) is 11.6 Å². The first kappa shape index (κ1) is 25.4. The highest BCUT2D eigenvalue weighted by Crippen LogP contribution is 2.34. The summed E-state index contributed by atoms with van der Waals surface area (Å²) in [6, 6.07) is 12.7. The Morgan fingerprint density at radius 1 is 1.00 bits per heavy atom. The fraction of sp³-hybridized carbons (Fsp3) is 0.240. The van der Waals surface area contributed by atoms with Gasteiger partial charge in [0.2, 0.25) is 0 Å². The largest absolute Gasteiger partial charge is 0.496 e. The van der Waals surface area contributed by atoms with Gasteiger partial charge in [-0.1, -0.05) is 23.7 Å². The van der Waals surface area contributed by atoms with E-state index in [1.807, 2.05) is 0 Å². The van der Waals surface area contributed by atoms with Gasteiger partial charge in [0.25, 0.3) is 5.91 Å². The number of nitrogens with zero attached hydrogens (tertiary/aromatic N) is 1. The van der Waals surface area contributed by atoms with Gasteiger partial charge in [0, 0.05) is 16.1 Å². The highest BCUT2D eigenvalue weighted by molar-refractivity contribution is 6.40. The van der Waals surface area contributed by atoms with Crippen molar-refractivity contribution in [2.75, 3.05) is 10.6 Å². The zero-order valence-corrected chi connectivity index (χ0v) is 20.4. The molecule has 0 radical (unpaired) electrons. The van der Waals surface area contributed by atoms with Gasteiger partial charge in [0.15, 0.2) is 5.78 Å². The molecule has 2 aliphatic rings. The third-order valence-corrected chi connectivity index (χ3v) is 6.46. The van der Waals surface area contributed by atoms with Crippen LogP contribution in [0.5, 0.6) is 0 Å². The van der Waals surface area contributed by atoms with E-state index in [4.69, 9.17) is 27.9 Å². The number of alkyl halides is 1. The minimum atomic E-state index is -1.08. The Hall–Kier alpha value is -3.69. The van der Waals surface area contributed by atoms with Crippen molar-refractivity contribution in [3.8, 4) is 0 Å².